The number of amides is 3. The van der Waals surface area contributed by atoms with E-state index < -0.39 is 6.03 Å². The summed E-state index contributed by atoms with van der Waals surface area (Å²) < 4.78 is 0. The van der Waals surface area contributed by atoms with E-state index in [1.807, 2.05) is 60.7 Å². The molecule has 0 bridgehead atoms. The van der Waals surface area contributed by atoms with Crippen LogP contribution >= 0.6 is 11.8 Å². The Labute approximate surface area is 191 Å². The van der Waals surface area contributed by atoms with Crippen molar-refractivity contribution in [1.29, 1.82) is 0 Å². The highest BCUT2D eigenvalue weighted by molar-refractivity contribution is 7.99. The van der Waals surface area contributed by atoms with Crippen LogP contribution in [0.5, 0.6) is 0 Å². The van der Waals surface area contributed by atoms with Crippen LogP contribution in [0.2, 0.25) is 0 Å². The molecule has 1 saturated carbocycles. The van der Waals surface area contributed by atoms with E-state index in [4.69, 9.17) is 0 Å². The lowest BCUT2D eigenvalue weighted by Gasteiger charge is -2.22. The van der Waals surface area contributed by atoms with E-state index in [0.29, 0.717) is 16.5 Å². The summed E-state index contributed by atoms with van der Waals surface area (Å²) in [5.41, 5.74) is 3.21. The third-order valence-corrected chi connectivity index (χ3v) is 6.13. The van der Waals surface area contributed by atoms with Crippen LogP contribution in [0.1, 0.15) is 32.1 Å². The average Bonchev–Trinajstić information content (AvgIpc) is 2.84. The number of thioether (sulfide) groups is 1. The molecule has 1 aromatic heterocycles. The summed E-state index contributed by atoms with van der Waals surface area (Å²) in [5.74, 6) is -0.362. The number of urea groups is 1. The lowest BCUT2D eigenvalue weighted by molar-refractivity contribution is -0.117. The van der Waals surface area contributed by atoms with Crippen LogP contribution < -0.4 is 10.6 Å². The van der Waals surface area contributed by atoms with Gasteiger partial charge in [-0.2, -0.15) is 0 Å². The number of carbonyl (C=O) groups excluding carboxylic acids is 2. The molecule has 32 heavy (non-hydrogen) atoms. The Morgan fingerprint density at radius 1 is 0.844 bits per heavy atom. The summed E-state index contributed by atoms with van der Waals surface area (Å²) >= 11 is 1.15. The van der Waals surface area contributed by atoms with Gasteiger partial charge in [-0.3, -0.25) is 10.1 Å². The molecule has 0 radical (unpaired) electrons. The molecule has 0 unspecified atom stereocenters. The predicted molar refractivity (Wildman–Crippen MR) is 125 cm³/mol. The van der Waals surface area contributed by atoms with Gasteiger partial charge in [-0.05, 0) is 12.8 Å². The fourth-order valence-corrected chi connectivity index (χ4v) is 4.31. The molecule has 1 aliphatic rings. The molecule has 164 valence electrons. The van der Waals surface area contributed by atoms with Gasteiger partial charge in [-0.15, -0.1) is 10.2 Å². The van der Waals surface area contributed by atoms with E-state index >= 15 is 0 Å². The van der Waals surface area contributed by atoms with Gasteiger partial charge in [0.2, 0.25) is 11.1 Å². The van der Waals surface area contributed by atoms with Crippen molar-refractivity contribution in [3.05, 3.63) is 60.7 Å². The first kappa shape index (κ1) is 22.0. The van der Waals surface area contributed by atoms with Crippen molar-refractivity contribution in [1.82, 2.24) is 25.8 Å². The molecule has 0 aliphatic heterocycles. The van der Waals surface area contributed by atoms with Crippen LogP contribution in [0.3, 0.4) is 0 Å². The van der Waals surface area contributed by atoms with Gasteiger partial charge < -0.3 is 5.32 Å². The van der Waals surface area contributed by atoms with Gasteiger partial charge in [-0.1, -0.05) is 91.7 Å². The highest BCUT2D eigenvalue weighted by Gasteiger charge is 2.18. The lowest BCUT2D eigenvalue weighted by atomic mass is 9.96. The third kappa shape index (κ3) is 5.91. The largest absolute Gasteiger partial charge is 0.335 e. The molecule has 1 heterocycles. The number of rotatable bonds is 6. The molecule has 0 saturated heterocycles. The lowest BCUT2D eigenvalue weighted by Crippen LogP contribution is -2.45. The predicted octanol–water partition coefficient (Wildman–Crippen LogP) is 4.46. The highest BCUT2D eigenvalue weighted by Crippen LogP contribution is 2.29. The number of carbonyl (C=O) groups is 2. The summed E-state index contributed by atoms with van der Waals surface area (Å²) in [6.45, 7) is 0. The van der Waals surface area contributed by atoms with Crippen molar-refractivity contribution in [2.45, 2.75) is 43.3 Å². The van der Waals surface area contributed by atoms with Crippen LogP contribution in [-0.2, 0) is 4.79 Å². The second-order valence-electron chi connectivity index (χ2n) is 7.67. The van der Waals surface area contributed by atoms with Crippen molar-refractivity contribution in [2.75, 3.05) is 5.75 Å². The van der Waals surface area contributed by atoms with Gasteiger partial charge in [-0.25, -0.2) is 9.78 Å². The fourth-order valence-electron chi connectivity index (χ4n) is 3.72. The van der Waals surface area contributed by atoms with E-state index in [1.165, 1.54) is 6.42 Å². The van der Waals surface area contributed by atoms with Crippen LogP contribution in [0.15, 0.2) is 65.8 Å². The molecule has 7 nitrogen and oxygen atoms in total. The van der Waals surface area contributed by atoms with Crippen molar-refractivity contribution < 1.29 is 9.59 Å². The number of aromatic nitrogens is 3. The Balaban J connectivity index is 1.42. The van der Waals surface area contributed by atoms with E-state index in [9.17, 15) is 9.59 Å². The quantitative estimate of drug-likeness (QED) is 0.542. The number of benzene rings is 2. The smallest absolute Gasteiger partial charge is 0.321 e. The molecule has 2 aromatic carbocycles. The van der Waals surface area contributed by atoms with Gasteiger partial charge in [0.1, 0.15) is 11.4 Å². The van der Waals surface area contributed by atoms with Crippen molar-refractivity contribution in [3.63, 3.8) is 0 Å². The second kappa shape index (κ2) is 10.9. The first-order chi connectivity index (χ1) is 15.7. The molecule has 2 N–H and O–H groups in total. The van der Waals surface area contributed by atoms with E-state index in [1.54, 1.807) is 0 Å². The average molecular weight is 448 g/mol. The number of imide groups is 1. The normalized spacial score (nSPS) is 14.0. The summed E-state index contributed by atoms with van der Waals surface area (Å²) in [5, 5.41) is 14.3. The Morgan fingerprint density at radius 2 is 1.47 bits per heavy atom. The zero-order chi connectivity index (χ0) is 22.2. The SMILES string of the molecule is O=C(CSc1nnc(-c2ccccc2)c(-c2ccccc2)n1)NC(=O)NC1CCCCC1. The third-order valence-electron chi connectivity index (χ3n) is 5.29. The Kier molecular flexibility index (Phi) is 7.45. The van der Waals surface area contributed by atoms with Gasteiger partial charge in [0.25, 0.3) is 0 Å². The topological polar surface area (TPSA) is 96.9 Å². The van der Waals surface area contributed by atoms with Crippen molar-refractivity contribution in [3.8, 4) is 22.5 Å². The molecule has 0 atom stereocenters. The second-order valence-corrected chi connectivity index (χ2v) is 8.61. The van der Waals surface area contributed by atoms with Crippen LogP contribution in [-0.4, -0.2) is 38.9 Å². The van der Waals surface area contributed by atoms with Gasteiger partial charge in [0.05, 0.1) is 5.75 Å². The summed E-state index contributed by atoms with van der Waals surface area (Å²) in [4.78, 5) is 29.0. The highest BCUT2D eigenvalue weighted by atomic mass is 32.2. The minimum absolute atomic E-state index is 0.0265. The fraction of sp³-hybridized carbons (Fsp3) is 0.292. The van der Waals surface area contributed by atoms with E-state index in [0.717, 1.165) is 48.6 Å². The molecule has 3 aromatic rings. The molecular weight excluding hydrogens is 422 g/mol. The van der Waals surface area contributed by atoms with Gasteiger partial charge in [0.15, 0.2) is 0 Å². The molecule has 1 fully saturated rings. The Morgan fingerprint density at radius 3 is 2.12 bits per heavy atom. The molecule has 4 rings (SSSR count). The maximum atomic E-state index is 12.2. The monoisotopic (exact) mass is 447 g/mol. The summed E-state index contributed by atoms with van der Waals surface area (Å²) in [6.07, 6.45) is 5.36. The zero-order valence-corrected chi connectivity index (χ0v) is 18.5. The molecule has 0 spiro atoms. The first-order valence-corrected chi connectivity index (χ1v) is 11.8. The van der Waals surface area contributed by atoms with Crippen LogP contribution in [0.25, 0.3) is 22.5 Å². The number of hydrogen-bond acceptors (Lipinski definition) is 6. The van der Waals surface area contributed by atoms with Gasteiger partial charge in [0, 0.05) is 17.2 Å². The minimum Gasteiger partial charge on any atom is -0.335 e. The standard InChI is InChI=1S/C24H25N5O2S/c30-20(26-23(31)25-19-14-8-3-9-15-19)16-32-24-27-21(17-10-4-1-5-11-17)22(28-29-24)18-12-6-2-7-13-18/h1-2,4-7,10-13,19H,3,8-9,14-16H2,(H2,25,26,30,31). The van der Waals surface area contributed by atoms with Gasteiger partial charge >= 0.3 is 6.03 Å². The number of nitrogens with one attached hydrogen (secondary N) is 2. The number of nitrogens with zero attached hydrogens (tertiary/aromatic N) is 3. The number of hydrogen-bond donors (Lipinski definition) is 2. The summed E-state index contributed by atoms with van der Waals surface area (Å²) in [7, 11) is 0. The Bertz CT molecular complexity index is 1060. The van der Waals surface area contributed by atoms with Crippen molar-refractivity contribution in [2.24, 2.45) is 0 Å². The molecular formula is C24H25N5O2S. The maximum absolute atomic E-state index is 12.2. The van der Waals surface area contributed by atoms with E-state index in [-0.39, 0.29) is 17.7 Å². The summed E-state index contributed by atoms with van der Waals surface area (Å²) in [6, 6.07) is 19.2. The molecule has 3 amide bonds. The van der Waals surface area contributed by atoms with E-state index in [2.05, 4.69) is 25.8 Å². The zero-order valence-electron chi connectivity index (χ0n) is 17.7. The maximum Gasteiger partial charge on any atom is 0.321 e. The first-order valence-electron chi connectivity index (χ1n) is 10.8. The molecule has 8 heteroatoms. The molecule has 1 aliphatic carbocycles. The van der Waals surface area contributed by atoms with Crippen LogP contribution in [0, 0.1) is 0 Å². The van der Waals surface area contributed by atoms with Crippen LogP contribution in [0.4, 0.5) is 4.79 Å². The Hall–Kier alpha value is -3.26. The minimum atomic E-state index is -0.439. The van der Waals surface area contributed by atoms with Crippen molar-refractivity contribution >= 4 is 23.7 Å².